The maximum Gasteiger partial charge on any atom is 0.222 e. The minimum Gasteiger partial charge on any atom is -0.469 e. The number of likely N-dealkylation sites (tertiary alicyclic amines) is 1. The van der Waals surface area contributed by atoms with Crippen molar-refractivity contribution in [2.45, 2.75) is 32.4 Å². The van der Waals surface area contributed by atoms with E-state index in [0.717, 1.165) is 30.8 Å². The number of aliphatic hydroxyl groups is 1. The van der Waals surface area contributed by atoms with Crippen molar-refractivity contribution in [3.63, 3.8) is 0 Å². The predicted octanol–water partition coefficient (Wildman–Crippen LogP) is 1.00. The molecular formula is C14H22N2O3. The monoisotopic (exact) mass is 266 g/mol. The van der Waals surface area contributed by atoms with Crippen LogP contribution >= 0.6 is 0 Å². The van der Waals surface area contributed by atoms with Gasteiger partial charge in [0.15, 0.2) is 0 Å². The van der Waals surface area contributed by atoms with Gasteiger partial charge in [-0.25, -0.2) is 0 Å². The number of amides is 1. The van der Waals surface area contributed by atoms with E-state index in [2.05, 4.69) is 0 Å². The Bertz CT molecular complexity index is 430. The van der Waals surface area contributed by atoms with E-state index >= 15 is 0 Å². The van der Waals surface area contributed by atoms with E-state index in [1.165, 1.54) is 0 Å². The summed E-state index contributed by atoms with van der Waals surface area (Å²) in [4.78, 5) is 15.3. The molecule has 0 saturated carbocycles. The normalized spacial score (nSPS) is 17.5. The molecule has 19 heavy (non-hydrogen) atoms. The second-order valence-electron chi connectivity index (χ2n) is 5.30. The number of β-amino-alcohol motifs (C(OH)–C–C–N with tert-alkyl or cyclic N) is 1. The first-order chi connectivity index (χ1) is 9.06. The molecule has 0 aliphatic carbocycles. The van der Waals surface area contributed by atoms with Gasteiger partial charge in [-0.1, -0.05) is 0 Å². The molecule has 1 N–H and O–H groups in total. The third-order valence-electron chi connectivity index (χ3n) is 3.53. The van der Waals surface area contributed by atoms with Crippen LogP contribution in [0.1, 0.15) is 24.2 Å². The Balaban J connectivity index is 1.77. The SMILES string of the molecule is Cc1occc1CN(C)CC(O)CN1CCCC1=O. The van der Waals surface area contributed by atoms with Crippen LogP contribution in [0.5, 0.6) is 0 Å². The molecule has 1 aromatic heterocycles. The quantitative estimate of drug-likeness (QED) is 0.834. The van der Waals surface area contributed by atoms with E-state index in [4.69, 9.17) is 4.42 Å². The lowest BCUT2D eigenvalue weighted by molar-refractivity contribution is -0.129. The highest BCUT2D eigenvalue weighted by atomic mass is 16.3. The summed E-state index contributed by atoms with van der Waals surface area (Å²) in [5.41, 5.74) is 1.13. The van der Waals surface area contributed by atoms with E-state index in [-0.39, 0.29) is 5.91 Å². The molecule has 1 unspecified atom stereocenters. The van der Waals surface area contributed by atoms with E-state index < -0.39 is 6.10 Å². The lowest BCUT2D eigenvalue weighted by atomic mass is 10.2. The third kappa shape index (κ3) is 3.81. The Labute approximate surface area is 113 Å². The zero-order valence-corrected chi connectivity index (χ0v) is 11.6. The largest absolute Gasteiger partial charge is 0.469 e. The first-order valence-corrected chi connectivity index (χ1v) is 6.73. The minimum absolute atomic E-state index is 0.160. The smallest absolute Gasteiger partial charge is 0.222 e. The molecule has 1 aliphatic heterocycles. The predicted molar refractivity (Wildman–Crippen MR) is 71.6 cm³/mol. The van der Waals surface area contributed by atoms with Gasteiger partial charge in [-0.2, -0.15) is 0 Å². The maximum absolute atomic E-state index is 11.5. The van der Waals surface area contributed by atoms with Gasteiger partial charge < -0.3 is 14.4 Å². The Morgan fingerprint density at radius 2 is 2.37 bits per heavy atom. The summed E-state index contributed by atoms with van der Waals surface area (Å²) in [6.45, 7) is 4.44. The molecule has 106 valence electrons. The minimum atomic E-state index is -0.501. The molecule has 0 bridgehead atoms. The fourth-order valence-corrected chi connectivity index (χ4v) is 2.50. The average molecular weight is 266 g/mol. The highest BCUT2D eigenvalue weighted by molar-refractivity contribution is 5.78. The van der Waals surface area contributed by atoms with Crippen LogP contribution < -0.4 is 0 Å². The summed E-state index contributed by atoms with van der Waals surface area (Å²) in [5, 5.41) is 10.0. The van der Waals surface area contributed by atoms with E-state index in [0.29, 0.717) is 19.5 Å². The number of hydrogen-bond acceptors (Lipinski definition) is 4. The van der Waals surface area contributed by atoms with Gasteiger partial charge in [-0.3, -0.25) is 9.69 Å². The number of likely N-dealkylation sites (N-methyl/N-ethyl adjacent to an activating group) is 1. The van der Waals surface area contributed by atoms with Crippen molar-refractivity contribution in [1.82, 2.24) is 9.80 Å². The number of aliphatic hydroxyl groups excluding tert-OH is 1. The van der Waals surface area contributed by atoms with Gasteiger partial charge in [0.2, 0.25) is 5.91 Å². The van der Waals surface area contributed by atoms with Gasteiger partial charge >= 0.3 is 0 Å². The summed E-state index contributed by atoms with van der Waals surface area (Å²) in [6, 6.07) is 1.95. The molecule has 5 heteroatoms. The van der Waals surface area contributed by atoms with Crippen LogP contribution in [0, 0.1) is 6.92 Å². The molecule has 1 fully saturated rings. The van der Waals surface area contributed by atoms with Gasteiger partial charge in [0.05, 0.1) is 12.4 Å². The summed E-state index contributed by atoms with van der Waals surface area (Å²) < 4.78 is 5.25. The van der Waals surface area contributed by atoms with Crippen LogP contribution in [-0.2, 0) is 11.3 Å². The van der Waals surface area contributed by atoms with Crippen LogP contribution in [-0.4, -0.2) is 53.6 Å². The summed E-state index contributed by atoms with van der Waals surface area (Å²) in [7, 11) is 1.96. The molecule has 5 nitrogen and oxygen atoms in total. The zero-order valence-electron chi connectivity index (χ0n) is 11.6. The summed E-state index contributed by atoms with van der Waals surface area (Å²) in [6.07, 6.45) is 2.71. The van der Waals surface area contributed by atoms with Crippen molar-refractivity contribution < 1.29 is 14.3 Å². The number of carbonyl (C=O) groups excluding carboxylic acids is 1. The lowest BCUT2D eigenvalue weighted by Crippen LogP contribution is -2.39. The summed E-state index contributed by atoms with van der Waals surface area (Å²) in [5.74, 6) is 1.07. The molecule has 1 saturated heterocycles. The fraction of sp³-hybridized carbons (Fsp3) is 0.643. The van der Waals surface area contributed by atoms with Crippen LogP contribution in [0.2, 0.25) is 0 Å². The molecule has 1 aliphatic rings. The molecule has 0 aromatic carbocycles. The van der Waals surface area contributed by atoms with Crippen LogP contribution in [0.4, 0.5) is 0 Å². The molecular weight excluding hydrogens is 244 g/mol. The molecule has 2 rings (SSSR count). The number of carbonyl (C=O) groups is 1. The van der Waals surface area contributed by atoms with Gasteiger partial charge in [-0.05, 0) is 26.5 Å². The van der Waals surface area contributed by atoms with Crippen molar-refractivity contribution in [3.8, 4) is 0 Å². The van der Waals surface area contributed by atoms with Gasteiger partial charge in [0.25, 0.3) is 0 Å². The van der Waals surface area contributed by atoms with Crippen LogP contribution in [0.15, 0.2) is 16.7 Å². The number of rotatable bonds is 6. The highest BCUT2D eigenvalue weighted by Crippen LogP contribution is 2.13. The van der Waals surface area contributed by atoms with E-state index in [9.17, 15) is 9.90 Å². The molecule has 0 radical (unpaired) electrons. The lowest BCUT2D eigenvalue weighted by Gasteiger charge is -2.24. The standard InChI is InChI=1S/C14H22N2O3/c1-11-12(5-7-19-11)8-15(2)9-13(17)10-16-6-3-4-14(16)18/h5,7,13,17H,3-4,6,8-10H2,1-2H3. The fourth-order valence-electron chi connectivity index (χ4n) is 2.50. The van der Waals surface area contributed by atoms with Gasteiger partial charge in [0.1, 0.15) is 5.76 Å². The van der Waals surface area contributed by atoms with Crippen molar-refractivity contribution >= 4 is 5.91 Å². The van der Waals surface area contributed by atoms with E-state index in [1.807, 2.05) is 24.9 Å². The first kappa shape index (κ1) is 14.1. The zero-order chi connectivity index (χ0) is 13.8. The second-order valence-corrected chi connectivity index (χ2v) is 5.30. The third-order valence-corrected chi connectivity index (χ3v) is 3.53. The Morgan fingerprint density at radius 3 is 2.95 bits per heavy atom. The Morgan fingerprint density at radius 1 is 1.58 bits per heavy atom. The number of furan rings is 1. The highest BCUT2D eigenvalue weighted by Gasteiger charge is 2.23. The van der Waals surface area contributed by atoms with Crippen LogP contribution in [0.25, 0.3) is 0 Å². The Hall–Kier alpha value is -1.33. The van der Waals surface area contributed by atoms with Crippen molar-refractivity contribution in [2.75, 3.05) is 26.7 Å². The topological polar surface area (TPSA) is 56.9 Å². The van der Waals surface area contributed by atoms with Crippen molar-refractivity contribution in [3.05, 3.63) is 23.7 Å². The molecule has 1 amide bonds. The van der Waals surface area contributed by atoms with Crippen molar-refractivity contribution in [2.24, 2.45) is 0 Å². The Kier molecular flexibility index (Phi) is 4.61. The molecule has 1 atom stereocenters. The molecule has 1 aromatic rings. The number of aryl methyl sites for hydroxylation is 1. The molecule has 0 spiro atoms. The van der Waals surface area contributed by atoms with Crippen LogP contribution in [0.3, 0.4) is 0 Å². The van der Waals surface area contributed by atoms with Gasteiger partial charge in [0, 0.05) is 38.2 Å². The number of hydrogen-bond donors (Lipinski definition) is 1. The van der Waals surface area contributed by atoms with E-state index in [1.54, 1.807) is 11.2 Å². The number of nitrogens with zero attached hydrogens (tertiary/aromatic N) is 2. The van der Waals surface area contributed by atoms with Crippen molar-refractivity contribution in [1.29, 1.82) is 0 Å². The maximum atomic E-state index is 11.5. The van der Waals surface area contributed by atoms with Gasteiger partial charge in [-0.15, -0.1) is 0 Å². The second kappa shape index (κ2) is 6.21. The average Bonchev–Trinajstić information content (AvgIpc) is 2.90. The molecule has 2 heterocycles. The summed E-state index contributed by atoms with van der Waals surface area (Å²) >= 11 is 0. The first-order valence-electron chi connectivity index (χ1n) is 6.73.